The van der Waals surface area contributed by atoms with Crippen LogP contribution in [0.4, 0.5) is 0 Å². The van der Waals surface area contributed by atoms with Gasteiger partial charge >= 0.3 is 0 Å². The molecular weight excluding hydrogens is 326 g/mol. The molecule has 0 spiro atoms. The highest BCUT2D eigenvalue weighted by Gasteiger charge is 2.27. The third-order valence-corrected chi connectivity index (χ3v) is 5.66. The first-order valence-corrected chi connectivity index (χ1v) is 10.1. The summed E-state index contributed by atoms with van der Waals surface area (Å²) in [7, 11) is 0. The molecule has 2 heterocycles. The van der Waals surface area contributed by atoms with Crippen molar-refractivity contribution in [1.82, 2.24) is 14.4 Å². The summed E-state index contributed by atoms with van der Waals surface area (Å²) in [4.78, 5) is 29.6. The third-order valence-electron chi connectivity index (χ3n) is 5.66. The zero-order valence-electron chi connectivity index (χ0n) is 17.3. The van der Waals surface area contributed by atoms with E-state index in [9.17, 15) is 9.59 Å². The quantitative estimate of drug-likeness (QED) is 0.801. The van der Waals surface area contributed by atoms with E-state index in [-0.39, 0.29) is 17.7 Å². The van der Waals surface area contributed by atoms with Crippen LogP contribution in [-0.2, 0) is 4.79 Å². The van der Waals surface area contributed by atoms with Gasteiger partial charge in [-0.2, -0.15) is 0 Å². The molecule has 1 fully saturated rings. The molecule has 1 saturated heterocycles. The summed E-state index contributed by atoms with van der Waals surface area (Å²) in [6, 6.07) is 2.35. The molecule has 5 heteroatoms. The lowest BCUT2D eigenvalue weighted by atomic mass is 10.0. The minimum Gasteiger partial charge on any atom is -0.346 e. The second-order valence-corrected chi connectivity index (χ2v) is 7.73. The van der Waals surface area contributed by atoms with Gasteiger partial charge in [-0.05, 0) is 53.0 Å². The van der Waals surface area contributed by atoms with E-state index < -0.39 is 0 Å². The number of rotatable bonds is 5. The summed E-state index contributed by atoms with van der Waals surface area (Å²) in [5.41, 5.74) is 2.97. The molecule has 0 unspecified atom stereocenters. The molecule has 1 aliphatic heterocycles. The van der Waals surface area contributed by atoms with Crippen LogP contribution in [0.3, 0.4) is 0 Å². The van der Waals surface area contributed by atoms with Gasteiger partial charge in [-0.25, -0.2) is 0 Å². The molecule has 0 N–H and O–H groups in total. The number of amides is 2. The molecule has 0 atom stereocenters. The van der Waals surface area contributed by atoms with E-state index in [1.807, 2.05) is 22.8 Å². The van der Waals surface area contributed by atoms with Gasteiger partial charge in [0, 0.05) is 49.5 Å². The van der Waals surface area contributed by atoms with Crippen molar-refractivity contribution < 1.29 is 9.59 Å². The molecule has 0 aliphatic carbocycles. The fraction of sp³-hybridized carbons (Fsp3) is 0.714. The zero-order chi connectivity index (χ0) is 19.4. The fourth-order valence-electron chi connectivity index (χ4n) is 4.20. The number of nitrogens with zero attached hydrogens (tertiary/aromatic N) is 3. The molecule has 1 aromatic rings. The van der Waals surface area contributed by atoms with Gasteiger partial charge in [-0.1, -0.05) is 13.8 Å². The summed E-state index contributed by atoms with van der Waals surface area (Å²) < 4.78 is 2.22. The third kappa shape index (κ3) is 4.13. The SMILES string of the molecule is CCC(CC)C(=O)N1CCCN(C(=O)c2cc(C)n(C(C)C)c2C)CC1. The second-order valence-electron chi connectivity index (χ2n) is 7.73. The average molecular weight is 362 g/mol. The maximum atomic E-state index is 13.1. The predicted octanol–water partition coefficient (Wildman–Crippen LogP) is 3.80. The maximum Gasteiger partial charge on any atom is 0.255 e. The van der Waals surface area contributed by atoms with E-state index in [0.717, 1.165) is 49.3 Å². The number of aromatic nitrogens is 1. The minimum atomic E-state index is 0.0989. The van der Waals surface area contributed by atoms with Crippen molar-refractivity contribution in [3.05, 3.63) is 23.0 Å². The molecule has 2 amide bonds. The Bertz CT molecular complexity index is 644. The van der Waals surface area contributed by atoms with Crippen molar-refractivity contribution in [3.63, 3.8) is 0 Å². The van der Waals surface area contributed by atoms with Crippen LogP contribution < -0.4 is 0 Å². The van der Waals surface area contributed by atoms with Gasteiger partial charge in [0.25, 0.3) is 5.91 Å². The largest absolute Gasteiger partial charge is 0.346 e. The summed E-state index contributed by atoms with van der Waals surface area (Å²) >= 11 is 0. The van der Waals surface area contributed by atoms with Crippen LogP contribution in [0.15, 0.2) is 6.07 Å². The van der Waals surface area contributed by atoms with Gasteiger partial charge in [0.2, 0.25) is 5.91 Å². The number of hydrogen-bond donors (Lipinski definition) is 0. The smallest absolute Gasteiger partial charge is 0.255 e. The summed E-state index contributed by atoms with van der Waals surface area (Å²) in [6.07, 6.45) is 2.62. The predicted molar refractivity (Wildman–Crippen MR) is 105 cm³/mol. The van der Waals surface area contributed by atoms with Gasteiger partial charge in [0.05, 0.1) is 5.56 Å². The van der Waals surface area contributed by atoms with Crippen molar-refractivity contribution in [1.29, 1.82) is 0 Å². The lowest BCUT2D eigenvalue weighted by molar-refractivity contribution is -0.135. The van der Waals surface area contributed by atoms with E-state index in [1.54, 1.807) is 0 Å². The zero-order valence-corrected chi connectivity index (χ0v) is 17.3. The second kappa shape index (κ2) is 8.74. The Kier molecular flexibility index (Phi) is 6.90. The fourth-order valence-corrected chi connectivity index (χ4v) is 4.20. The number of carbonyl (C=O) groups is 2. The molecule has 1 aromatic heterocycles. The van der Waals surface area contributed by atoms with Crippen LogP contribution in [0.1, 0.15) is 74.7 Å². The van der Waals surface area contributed by atoms with Gasteiger partial charge in [0.15, 0.2) is 0 Å². The van der Waals surface area contributed by atoms with E-state index in [2.05, 4.69) is 39.2 Å². The van der Waals surface area contributed by atoms with E-state index in [1.165, 1.54) is 0 Å². The lowest BCUT2D eigenvalue weighted by Gasteiger charge is -2.25. The Morgan fingerprint density at radius 3 is 2.12 bits per heavy atom. The molecule has 0 bridgehead atoms. The maximum absolute atomic E-state index is 13.1. The molecule has 26 heavy (non-hydrogen) atoms. The number of aryl methyl sites for hydroxylation is 1. The summed E-state index contributed by atoms with van der Waals surface area (Å²) in [6.45, 7) is 15.3. The molecule has 0 aromatic carbocycles. The average Bonchev–Trinajstić information content (AvgIpc) is 2.77. The van der Waals surface area contributed by atoms with Crippen LogP contribution in [0.25, 0.3) is 0 Å². The van der Waals surface area contributed by atoms with E-state index in [4.69, 9.17) is 0 Å². The lowest BCUT2D eigenvalue weighted by Crippen LogP contribution is -2.39. The van der Waals surface area contributed by atoms with Gasteiger partial charge in [0.1, 0.15) is 0 Å². The highest BCUT2D eigenvalue weighted by Crippen LogP contribution is 2.22. The topological polar surface area (TPSA) is 45.6 Å². The molecular formula is C21H35N3O2. The molecule has 146 valence electrons. The first-order valence-electron chi connectivity index (χ1n) is 10.1. The first kappa shape index (κ1) is 20.5. The van der Waals surface area contributed by atoms with Crippen molar-refractivity contribution in [3.8, 4) is 0 Å². The van der Waals surface area contributed by atoms with E-state index >= 15 is 0 Å². The molecule has 2 rings (SSSR count). The Balaban J connectivity index is 2.11. The van der Waals surface area contributed by atoms with Crippen molar-refractivity contribution in [2.45, 2.75) is 66.8 Å². The Morgan fingerprint density at radius 2 is 1.58 bits per heavy atom. The van der Waals surface area contributed by atoms with Gasteiger partial charge in [-0.15, -0.1) is 0 Å². The highest BCUT2D eigenvalue weighted by atomic mass is 16.2. The number of hydrogen-bond acceptors (Lipinski definition) is 2. The molecule has 1 aliphatic rings. The normalized spacial score (nSPS) is 15.7. The van der Waals surface area contributed by atoms with Crippen LogP contribution in [0, 0.1) is 19.8 Å². The minimum absolute atomic E-state index is 0.0989. The Hall–Kier alpha value is -1.78. The Labute approximate surface area is 158 Å². The highest BCUT2D eigenvalue weighted by molar-refractivity contribution is 5.95. The van der Waals surface area contributed by atoms with Gasteiger partial charge in [-0.3, -0.25) is 9.59 Å². The van der Waals surface area contributed by atoms with Crippen LogP contribution in [-0.4, -0.2) is 52.4 Å². The molecule has 0 saturated carbocycles. The summed E-state index contributed by atoms with van der Waals surface area (Å²) in [5, 5.41) is 0. The molecule has 0 radical (unpaired) electrons. The molecule has 5 nitrogen and oxygen atoms in total. The number of carbonyl (C=O) groups excluding carboxylic acids is 2. The summed E-state index contributed by atoms with van der Waals surface area (Å²) in [5.74, 6) is 0.464. The van der Waals surface area contributed by atoms with Crippen molar-refractivity contribution in [2.75, 3.05) is 26.2 Å². The van der Waals surface area contributed by atoms with E-state index in [0.29, 0.717) is 19.1 Å². The van der Waals surface area contributed by atoms with Crippen molar-refractivity contribution >= 4 is 11.8 Å². The van der Waals surface area contributed by atoms with Gasteiger partial charge < -0.3 is 14.4 Å². The first-order chi connectivity index (χ1) is 12.3. The Morgan fingerprint density at radius 1 is 1.00 bits per heavy atom. The van der Waals surface area contributed by atoms with Crippen molar-refractivity contribution in [2.24, 2.45) is 5.92 Å². The van der Waals surface area contributed by atoms with Crippen LogP contribution in [0.2, 0.25) is 0 Å². The monoisotopic (exact) mass is 361 g/mol. The standard InChI is InChI=1S/C21H35N3O2/c1-7-18(8-2)20(25)22-10-9-11-23(13-12-22)21(26)19-14-16(5)24(15(3)4)17(19)6/h14-15,18H,7-13H2,1-6H3. The van der Waals surface area contributed by atoms with Crippen LogP contribution in [0.5, 0.6) is 0 Å². The van der Waals surface area contributed by atoms with Crippen LogP contribution >= 0.6 is 0 Å².